The number of esters is 1. The Bertz CT molecular complexity index is 585. The van der Waals surface area contributed by atoms with Crippen LogP contribution in [0.3, 0.4) is 0 Å². The summed E-state index contributed by atoms with van der Waals surface area (Å²) in [5, 5.41) is 11.4. The molecule has 0 spiro atoms. The molecule has 0 aromatic heterocycles. The molecule has 0 heterocycles. The fourth-order valence-electron chi connectivity index (χ4n) is 3.08. The number of carbonyl (C=O) groups is 1. The normalized spacial score (nSPS) is 16.2. The van der Waals surface area contributed by atoms with Crippen LogP contribution in [0.25, 0.3) is 0 Å². The van der Waals surface area contributed by atoms with Crippen LogP contribution >= 0.6 is 0 Å². The lowest BCUT2D eigenvalue weighted by molar-refractivity contribution is -0.166. The van der Waals surface area contributed by atoms with Gasteiger partial charge in [-0.3, -0.25) is 4.79 Å². The molecule has 0 radical (unpaired) electrons. The first-order valence-electron chi connectivity index (χ1n) is 8.09. The van der Waals surface area contributed by atoms with Gasteiger partial charge in [-0.05, 0) is 72.1 Å². The zero-order chi connectivity index (χ0) is 18.0. The lowest BCUT2D eigenvalue weighted by Crippen LogP contribution is -2.41. The maximum absolute atomic E-state index is 12.5. The van der Waals surface area contributed by atoms with E-state index in [1.54, 1.807) is 19.1 Å². The van der Waals surface area contributed by atoms with Crippen molar-refractivity contribution in [2.45, 2.75) is 66.6 Å². The summed E-state index contributed by atoms with van der Waals surface area (Å²) in [6.45, 7) is 15.0. The van der Waals surface area contributed by atoms with Gasteiger partial charge in [-0.1, -0.05) is 29.8 Å². The minimum Gasteiger partial charge on any atom is -0.460 e. The van der Waals surface area contributed by atoms with Crippen LogP contribution in [0, 0.1) is 26.7 Å². The van der Waals surface area contributed by atoms with Gasteiger partial charge in [-0.2, -0.15) is 0 Å². The Morgan fingerprint density at radius 2 is 1.65 bits per heavy atom. The molecule has 1 aromatic carbocycles. The molecule has 3 heteroatoms. The van der Waals surface area contributed by atoms with Crippen molar-refractivity contribution in [3.8, 4) is 0 Å². The molecule has 0 aliphatic carbocycles. The van der Waals surface area contributed by atoms with Crippen LogP contribution in [0.1, 0.15) is 56.9 Å². The molecule has 2 unspecified atom stereocenters. The molecule has 0 aliphatic rings. The first-order chi connectivity index (χ1) is 10.4. The van der Waals surface area contributed by atoms with Crippen LogP contribution in [-0.4, -0.2) is 16.7 Å². The SMILES string of the molecule is C/C=C/C(O)(c1c(C)cc(C)cc1C)C(C)C(=O)OC(C)(C)C. The van der Waals surface area contributed by atoms with E-state index in [0.29, 0.717) is 0 Å². The summed E-state index contributed by atoms with van der Waals surface area (Å²) < 4.78 is 5.48. The number of hydrogen-bond acceptors (Lipinski definition) is 3. The minimum absolute atomic E-state index is 0.405. The second-order valence-corrected chi connectivity index (χ2v) is 7.35. The molecule has 1 rings (SSSR count). The molecular weight excluding hydrogens is 288 g/mol. The maximum Gasteiger partial charge on any atom is 0.312 e. The average molecular weight is 318 g/mol. The number of rotatable bonds is 4. The van der Waals surface area contributed by atoms with E-state index in [9.17, 15) is 9.90 Å². The van der Waals surface area contributed by atoms with Crippen molar-refractivity contribution in [3.63, 3.8) is 0 Å². The second-order valence-electron chi connectivity index (χ2n) is 7.35. The minimum atomic E-state index is -1.39. The highest BCUT2D eigenvalue weighted by Gasteiger charge is 2.41. The topological polar surface area (TPSA) is 46.5 Å². The summed E-state index contributed by atoms with van der Waals surface area (Å²) in [6, 6.07) is 4.05. The number of allylic oxidation sites excluding steroid dienone is 1. The number of aryl methyl sites for hydroxylation is 3. The Morgan fingerprint density at radius 1 is 1.17 bits per heavy atom. The smallest absolute Gasteiger partial charge is 0.312 e. The number of hydrogen-bond donors (Lipinski definition) is 1. The molecule has 2 atom stereocenters. The third-order valence-corrected chi connectivity index (χ3v) is 3.92. The molecule has 0 amide bonds. The van der Waals surface area contributed by atoms with Crippen molar-refractivity contribution in [2.24, 2.45) is 5.92 Å². The van der Waals surface area contributed by atoms with Crippen molar-refractivity contribution in [3.05, 3.63) is 46.5 Å². The van der Waals surface area contributed by atoms with E-state index >= 15 is 0 Å². The zero-order valence-corrected chi connectivity index (χ0v) is 15.7. The van der Waals surface area contributed by atoms with E-state index in [1.807, 2.05) is 60.6 Å². The van der Waals surface area contributed by atoms with Crippen molar-refractivity contribution >= 4 is 5.97 Å². The van der Waals surface area contributed by atoms with E-state index in [1.165, 1.54) is 0 Å². The number of benzene rings is 1. The van der Waals surface area contributed by atoms with E-state index in [-0.39, 0.29) is 0 Å². The summed E-state index contributed by atoms with van der Waals surface area (Å²) in [5.41, 5.74) is 1.88. The Labute approximate surface area is 140 Å². The molecule has 1 aromatic rings. The summed E-state index contributed by atoms with van der Waals surface area (Å²) in [4.78, 5) is 12.5. The predicted molar refractivity (Wildman–Crippen MR) is 94.4 cm³/mol. The van der Waals surface area contributed by atoms with Gasteiger partial charge in [0, 0.05) is 0 Å². The van der Waals surface area contributed by atoms with Crippen molar-refractivity contribution < 1.29 is 14.6 Å². The van der Waals surface area contributed by atoms with E-state index < -0.39 is 23.1 Å². The van der Waals surface area contributed by atoms with E-state index in [4.69, 9.17) is 4.74 Å². The van der Waals surface area contributed by atoms with Crippen LogP contribution in [0.2, 0.25) is 0 Å². The van der Waals surface area contributed by atoms with Crippen LogP contribution in [0.15, 0.2) is 24.3 Å². The molecular formula is C20H30O3. The quantitative estimate of drug-likeness (QED) is 0.663. The molecule has 0 aliphatic heterocycles. The zero-order valence-electron chi connectivity index (χ0n) is 15.7. The fraction of sp³-hybridized carbons (Fsp3) is 0.550. The summed E-state index contributed by atoms with van der Waals surface area (Å²) >= 11 is 0. The van der Waals surface area contributed by atoms with Gasteiger partial charge in [-0.25, -0.2) is 0 Å². The molecule has 0 saturated heterocycles. The summed E-state index contributed by atoms with van der Waals surface area (Å²) in [6.07, 6.45) is 3.46. The van der Waals surface area contributed by atoms with E-state index in [0.717, 1.165) is 22.3 Å². The van der Waals surface area contributed by atoms with Gasteiger partial charge in [0.1, 0.15) is 11.2 Å². The highest BCUT2D eigenvalue weighted by Crippen LogP contribution is 2.37. The highest BCUT2D eigenvalue weighted by molar-refractivity contribution is 5.75. The lowest BCUT2D eigenvalue weighted by atomic mass is 9.77. The van der Waals surface area contributed by atoms with Gasteiger partial charge in [-0.15, -0.1) is 0 Å². The number of aliphatic hydroxyl groups is 1. The van der Waals surface area contributed by atoms with E-state index in [2.05, 4.69) is 0 Å². The van der Waals surface area contributed by atoms with Crippen molar-refractivity contribution in [2.75, 3.05) is 0 Å². The van der Waals surface area contributed by atoms with Gasteiger partial charge >= 0.3 is 5.97 Å². The molecule has 128 valence electrons. The van der Waals surface area contributed by atoms with Crippen molar-refractivity contribution in [1.29, 1.82) is 0 Å². The monoisotopic (exact) mass is 318 g/mol. The maximum atomic E-state index is 12.5. The van der Waals surface area contributed by atoms with Crippen molar-refractivity contribution in [1.82, 2.24) is 0 Å². The third-order valence-electron chi connectivity index (χ3n) is 3.92. The standard InChI is InChI=1S/C20H30O3/c1-9-10-20(22,16(5)18(21)23-19(6,7)8)17-14(3)11-13(2)12-15(17)4/h9-12,16,22H,1-8H3/b10-9+. The summed E-state index contributed by atoms with van der Waals surface area (Å²) in [5.74, 6) is -1.12. The van der Waals surface area contributed by atoms with Crippen LogP contribution in [-0.2, 0) is 15.1 Å². The van der Waals surface area contributed by atoms with Crippen LogP contribution in [0.4, 0.5) is 0 Å². The van der Waals surface area contributed by atoms with Gasteiger partial charge < -0.3 is 9.84 Å². The molecule has 23 heavy (non-hydrogen) atoms. The van der Waals surface area contributed by atoms with Gasteiger partial charge in [0.2, 0.25) is 0 Å². The third kappa shape index (κ3) is 4.44. The fourth-order valence-corrected chi connectivity index (χ4v) is 3.08. The molecule has 0 bridgehead atoms. The molecule has 3 nitrogen and oxygen atoms in total. The Kier molecular flexibility index (Phi) is 5.81. The average Bonchev–Trinajstić information content (AvgIpc) is 2.34. The summed E-state index contributed by atoms with van der Waals surface area (Å²) in [7, 11) is 0. The lowest BCUT2D eigenvalue weighted by Gasteiger charge is -2.35. The van der Waals surface area contributed by atoms with Crippen LogP contribution < -0.4 is 0 Å². The van der Waals surface area contributed by atoms with Crippen LogP contribution in [0.5, 0.6) is 0 Å². The predicted octanol–water partition coefficient (Wildman–Crippen LogP) is 4.35. The second kappa shape index (κ2) is 6.88. The first-order valence-corrected chi connectivity index (χ1v) is 8.09. The van der Waals surface area contributed by atoms with Gasteiger partial charge in [0.15, 0.2) is 0 Å². The molecule has 0 fully saturated rings. The molecule has 1 N–H and O–H groups in total. The largest absolute Gasteiger partial charge is 0.460 e. The number of ether oxygens (including phenoxy) is 1. The Morgan fingerprint density at radius 3 is 2.04 bits per heavy atom. The molecule has 0 saturated carbocycles. The Balaban J connectivity index is 3.41. The Hall–Kier alpha value is -1.61. The highest BCUT2D eigenvalue weighted by atomic mass is 16.6. The first kappa shape index (κ1) is 19.4. The van der Waals surface area contributed by atoms with Gasteiger partial charge in [0.25, 0.3) is 0 Å². The van der Waals surface area contributed by atoms with Gasteiger partial charge in [0.05, 0.1) is 5.92 Å². The number of carbonyl (C=O) groups excluding carboxylic acids is 1.